The first-order valence-corrected chi connectivity index (χ1v) is 10.6. The zero-order valence-electron chi connectivity index (χ0n) is 12.9. The van der Waals surface area contributed by atoms with Crippen LogP contribution < -0.4 is 0 Å². The summed E-state index contributed by atoms with van der Waals surface area (Å²) in [6.07, 6.45) is 17.9. The lowest BCUT2D eigenvalue weighted by molar-refractivity contribution is 0.752. The first-order chi connectivity index (χ1) is 8.24. The standard InChI is InChI=1S/C16H36P/c1-5-9-12-15-17(8-4,14-11-7-3)16-13-10-6-2/h5-16H2,1-4H3/q+1. The summed E-state index contributed by atoms with van der Waals surface area (Å²) < 4.78 is 0. The normalized spacial score (nSPS) is 12.0. The Balaban J connectivity index is 4.17. The van der Waals surface area contributed by atoms with E-state index in [0.29, 0.717) is 0 Å². The summed E-state index contributed by atoms with van der Waals surface area (Å²) in [5, 5.41) is 0. The van der Waals surface area contributed by atoms with Crippen molar-refractivity contribution in [1.29, 1.82) is 0 Å². The van der Waals surface area contributed by atoms with E-state index >= 15 is 0 Å². The summed E-state index contributed by atoms with van der Waals surface area (Å²) in [4.78, 5) is 0. The van der Waals surface area contributed by atoms with Crippen molar-refractivity contribution in [1.82, 2.24) is 0 Å². The molecule has 0 unspecified atom stereocenters. The Morgan fingerprint density at radius 2 is 0.941 bits per heavy atom. The molecule has 0 aliphatic carbocycles. The van der Waals surface area contributed by atoms with E-state index in [1.807, 2.05) is 0 Å². The Labute approximate surface area is 111 Å². The number of hydrogen-bond acceptors (Lipinski definition) is 0. The third kappa shape index (κ3) is 8.20. The van der Waals surface area contributed by atoms with Crippen molar-refractivity contribution < 1.29 is 0 Å². The molecule has 0 radical (unpaired) electrons. The van der Waals surface area contributed by atoms with Gasteiger partial charge in [-0.15, -0.1) is 0 Å². The summed E-state index contributed by atoms with van der Waals surface area (Å²) >= 11 is 0. The van der Waals surface area contributed by atoms with Crippen molar-refractivity contribution in [3.63, 3.8) is 0 Å². The quantitative estimate of drug-likeness (QED) is 0.289. The maximum absolute atomic E-state index is 2.47. The average Bonchev–Trinajstić information content (AvgIpc) is 2.36. The van der Waals surface area contributed by atoms with Crippen molar-refractivity contribution in [2.24, 2.45) is 0 Å². The van der Waals surface area contributed by atoms with E-state index in [9.17, 15) is 0 Å². The van der Waals surface area contributed by atoms with E-state index in [4.69, 9.17) is 0 Å². The van der Waals surface area contributed by atoms with Gasteiger partial charge in [-0.05, 0) is 26.2 Å². The van der Waals surface area contributed by atoms with Crippen LogP contribution in [0.1, 0.15) is 79.1 Å². The van der Waals surface area contributed by atoms with E-state index < -0.39 is 7.26 Å². The van der Waals surface area contributed by atoms with Crippen molar-refractivity contribution in [2.75, 3.05) is 24.6 Å². The van der Waals surface area contributed by atoms with Gasteiger partial charge in [0.15, 0.2) is 0 Å². The molecule has 0 saturated carbocycles. The molecular formula is C16H36P+. The van der Waals surface area contributed by atoms with Crippen LogP contribution in [0.25, 0.3) is 0 Å². The highest BCUT2D eigenvalue weighted by atomic mass is 31.2. The van der Waals surface area contributed by atoms with Crippen LogP contribution in [0.4, 0.5) is 0 Å². The van der Waals surface area contributed by atoms with E-state index in [1.54, 1.807) is 18.5 Å². The fourth-order valence-electron chi connectivity index (χ4n) is 2.70. The van der Waals surface area contributed by atoms with Crippen LogP contribution in [0, 0.1) is 0 Å². The maximum atomic E-state index is 2.47. The molecule has 0 nitrogen and oxygen atoms in total. The van der Waals surface area contributed by atoms with Gasteiger partial charge in [0, 0.05) is 7.26 Å². The minimum Gasteiger partial charge on any atom is -0.0654 e. The second kappa shape index (κ2) is 11.5. The highest BCUT2D eigenvalue weighted by Gasteiger charge is 2.32. The van der Waals surface area contributed by atoms with Crippen LogP contribution >= 0.6 is 7.26 Å². The minimum absolute atomic E-state index is 0.553. The molecule has 1 heteroatoms. The van der Waals surface area contributed by atoms with Crippen LogP contribution in [0.3, 0.4) is 0 Å². The molecule has 0 saturated heterocycles. The van der Waals surface area contributed by atoms with Crippen LogP contribution in [0.2, 0.25) is 0 Å². The van der Waals surface area contributed by atoms with Crippen LogP contribution in [0.15, 0.2) is 0 Å². The number of rotatable bonds is 12. The topological polar surface area (TPSA) is 0 Å². The summed E-state index contributed by atoms with van der Waals surface area (Å²) in [6, 6.07) is 0. The minimum atomic E-state index is -0.553. The van der Waals surface area contributed by atoms with Gasteiger partial charge in [-0.2, -0.15) is 0 Å². The molecule has 0 aromatic carbocycles. The van der Waals surface area contributed by atoms with Crippen molar-refractivity contribution in [3.05, 3.63) is 0 Å². The van der Waals surface area contributed by atoms with Crippen molar-refractivity contribution in [3.8, 4) is 0 Å². The summed E-state index contributed by atoms with van der Waals surface area (Å²) in [7, 11) is -0.553. The smallest absolute Gasteiger partial charge is 0.0594 e. The first-order valence-electron chi connectivity index (χ1n) is 8.09. The Morgan fingerprint density at radius 1 is 0.529 bits per heavy atom. The molecule has 0 fully saturated rings. The van der Waals surface area contributed by atoms with Gasteiger partial charge >= 0.3 is 0 Å². The molecule has 0 aliphatic heterocycles. The third-order valence-corrected chi connectivity index (χ3v) is 9.27. The fraction of sp³-hybridized carbons (Fsp3) is 1.00. The first kappa shape index (κ1) is 17.4. The molecule has 0 aromatic rings. The number of unbranched alkanes of at least 4 members (excludes halogenated alkanes) is 5. The molecule has 0 aliphatic rings. The Hall–Kier alpha value is 0.430. The lowest BCUT2D eigenvalue weighted by Crippen LogP contribution is -2.11. The van der Waals surface area contributed by atoms with E-state index in [0.717, 1.165) is 0 Å². The molecule has 0 amide bonds. The SMILES string of the molecule is CCCCC[P+](CC)(CCCC)CCCCC. The molecule has 0 bridgehead atoms. The molecule has 0 atom stereocenters. The van der Waals surface area contributed by atoms with Gasteiger partial charge in [0.2, 0.25) is 0 Å². The maximum Gasteiger partial charge on any atom is 0.0594 e. The summed E-state index contributed by atoms with van der Waals surface area (Å²) in [5.41, 5.74) is 0. The molecule has 0 heterocycles. The molecule has 0 N–H and O–H groups in total. The second-order valence-corrected chi connectivity index (χ2v) is 10.3. The Morgan fingerprint density at radius 3 is 1.29 bits per heavy atom. The Kier molecular flexibility index (Phi) is 11.8. The number of hydrogen-bond donors (Lipinski definition) is 0. The van der Waals surface area contributed by atoms with Crippen LogP contribution in [-0.2, 0) is 0 Å². The predicted molar refractivity (Wildman–Crippen MR) is 86.0 cm³/mol. The predicted octanol–water partition coefficient (Wildman–Crippen LogP) is 6.20. The molecule has 0 rings (SSSR count). The van der Waals surface area contributed by atoms with Gasteiger partial charge in [-0.25, -0.2) is 0 Å². The lowest BCUT2D eigenvalue weighted by Gasteiger charge is -2.26. The largest absolute Gasteiger partial charge is 0.0654 e. The van der Waals surface area contributed by atoms with E-state index in [-0.39, 0.29) is 0 Å². The van der Waals surface area contributed by atoms with Gasteiger partial charge < -0.3 is 0 Å². The summed E-state index contributed by atoms with van der Waals surface area (Å²) in [5.74, 6) is 0. The van der Waals surface area contributed by atoms with Gasteiger partial charge in [0.05, 0.1) is 24.6 Å². The fourth-order valence-corrected chi connectivity index (χ4v) is 7.09. The van der Waals surface area contributed by atoms with E-state index in [1.165, 1.54) is 57.5 Å². The highest BCUT2D eigenvalue weighted by molar-refractivity contribution is 7.75. The van der Waals surface area contributed by atoms with E-state index in [2.05, 4.69) is 27.7 Å². The monoisotopic (exact) mass is 259 g/mol. The molecule has 0 aromatic heterocycles. The summed E-state index contributed by atoms with van der Waals surface area (Å²) in [6.45, 7) is 9.48. The molecule has 0 spiro atoms. The van der Waals surface area contributed by atoms with Gasteiger partial charge in [-0.1, -0.05) is 52.9 Å². The second-order valence-electron chi connectivity index (χ2n) is 5.60. The van der Waals surface area contributed by atoms with Crippen LogP contribution in [0.5, 0.6) is 0 Å². The highest BCUT2D eigenvalue weighted by Crippen LogP contribution is 2.60. The molecule has 17 heavy (non-hydrogen) atoms. The van der Waals surface area contributed by atoms with Gasteiger partial charge in [0.1, 0.15) is 0 Å². The van der Waals surface area contributed by atoms with Crippen molar-refractivity contribution in [2.45, 2.75) is 79.1 Å². The van der Waals surface area contributed by atoms with Gasteiger partial charge in [0.25, 0.3) is 0 Å². The van der Waals surface area contributed by atoms with Gasteiger partial charge in [-0.3, -0.25) is 0 Å². The molecule has 104 valence electrons. The average molecular weight is 259 g/mol. The third-order valence-electron chi connectivity index (χ3n) is 4.13. The van der Waals surface area contributed by atoms with Crippen LogP contribution in [-0.4, -0.2) is 24.6 Å². The molecular weight excluding hydrogens is 223 g/mol. The zero-order valence-corrected chi connectivity index (χ0v) is 13.8. The van der Waals surface area contributed by atoms with Crippen molar-refractivity contribution >= 4 is 7.26 Å². The lowest BCUT2D eigenvalue weighted by atomic mass is 10.3. The zero-order chi connectivity index (χ0) is 13.0. The Bertz CT molecular complexity index is 144.